The Morgan fingerprint density at radius 2 is 1.59 bits per heavy atom. The number of nitrogens with one attached hydrogen (secondary N) is 1. The van der Waals surface area contributed by atoms with E-state index >= 15 is 0 Å². The fourth-order valence-electron chi connectivity index (χ4n) is 3.02. The standard InChI is InChI=1S/C20H20F3N3O/c1-13(24-25-20(27)15-5-7-16(21)17(22)12-15)14-6-8-19(18(23)11-14)26-9-3-2-4-10-26/h5-8,11-12H,2-4,9-10H2,1H3,(H,25,27)/b24-13+. The van der Waals surface area contributed by atoms with Gasteiger partial charge in [0.15, 0.2) is 11.6 Å². The third-order valence-corrected chi connectivity index (χ3v) is 4.57. The van der Waals surface area contributed by atoms with Crippen LogP contribution in [-0.4, -0.2) is 24.7 Å². The average molecular weight is 375 g/mol. The molecule has 0 aromatic heterocycles. The van der Waals surface area contributed by atoms with Crippen molar-refractivity contribution in [2.45, 2.75) is 26.2 Å². The molecule has 2 aromatic carbocycles. The molecule has 0 saturated carbocycles. The van der Waals surface area contributed by atoms with Crippen molar-refractivity contribution in [3.8, 4) is 0 Å². The van der Waals surface area contributed by atoms with E-state index in [1.807, 2.05) is 4.90 Å². The van der Waals surface area contributed by atoms with E-state index in [1.165, 1.54) is 12.5 Å². The summed E-state index contributed by atoms with van der Waals surface area (Å²) >= 11 is 0. The second-order valence-corrected chi connectivity index (χ2v) is 6.48. The summed E-state index contributed by atoms with van der Waals surface area (Å²) in [6, 6.07) is 7.66. The van der Waals surface area contributed by atoms with E-state index in [4.69, 9.17) is 0 Å². The summed E-state index contributed by atoms with van der Waals surface area (Å²) < 4.78 is 40.6. The molecule has 1 aliphatic heterocycles. The number of hydrogen-bond acceptors (Lipinski definition) is 3. The summed E-state index contributed by atoms with van der Waals surface area (Å²) in [6.07, 6.45) is 3.27. The molecule has 142 valence electrons. The van der Waals surface area contributed by atoms with Crippen LogP contribution in [-0.2, 0) is 0 Å². The van der Waals surface area contributed by atoms with E-state index in [0.29, 0.717) is 17.0 Å². The largest absolute Gasteiger partial charge is 0.369 e. The van der Waals surface area contributed by atoms with Crippen molar-refractivity contribution < 1.29 is 18.0 Å². The first kappa shape index (κ1) is 18.9. The summed E-state index contributed by atoms with van der Waals surface area (Å²) in [6.45, 7) is 3.31. The van der Waals surface area contributed by atoms with Crippen molar-refractivity contribution in [3.63, 3.8) is 0 Å². The lowest BCUT2D eigenvalue weighted by Crippen LogP contribution is -2.30. The SMILES string of the molecule is C/C(=N\NC(=O)c1ccc(F)c(F)c1)c1ccc(N2CCCCC2)c(F)c1. The van der Waals surface area contributed by atoms with E-state index in [-0.39, 0.29) is 11.4 Å². The van der Waals surface area contributed by atoms with E-state index in [9.17, 15) is 18.0 Å². The van der Waals surface area contributed by atoms with Crippen molar-refractivity contribution in [1.29, 1.82) is 0 Å². The van der Waals surface area contributed by atoms with Gasteiger partial charge in [0, 0.05) is 24.2 Å². The number of rotatable bonds is 4. The Morgan fingerprint density at radius 3 is 2.26 bits per heavy atom. The second-order valence-electron chi connectivity index (χ2n) is 6.48. The number of hydrazone groups is 1. The molecule has 1 saturated heterocycles. The normalized spacial score (nSPS) is 15.0. The Labute approximate surface area is 155 Å². The van der Waals surface area contributed by atoms with Crippen LogP contribution in [0, 0.1) is 17.5 Å². The highest BCUT2D eigenvalue weighted by Gasteiger charge is 2.15. The Hall–Kier alpha value is -2.83. The van der Waals surface area contributed by atoms with Gasteiger partial charge in [-0.15, -0.1) is 0 Å². The topological polar surface area (TPSA) is 44.7 Å². The number of anilines is 1. The number of carbonyl (C=O) groups excluding carboxylic acids is 1. The van der Waals surface area contributed by atoms with Gasteiger partial charge in [0.05, 0.1) is 11.4 Å². The van der Waals surface area contributed by atoms with E-state index in [2.05, 4.69) is 10.5 Å². The van der Waals surface area contributed by atoms with Gasteiger partial charge < -0.3 is 4.90 Å². The minimum atomic E-state index is -1.11. The molecular weight excluding hydrogens is 355 g/mol. The molecule has 1 amide bonds. The lowest BCUT2D eigenvalue weighted by Gasteiger charge is -2.29. The van der Waals surface area contributed by atoms with E-state index in [1.54, 1.807) is 19.1 Å². The molecule has 7 heteroatoms. The van der Waals surface area contributed by atoms with Gasteiger partial charge in [-0.25, -0.2) is 18.6 Å². The molecule has 0 radical (unpaired) electrons. The first-order valence-electron chi connectivity index (χ1n) is 8.80. The van der Waals surface area contributed by atoms with Crippen molar-refractivity contribution in [2.75, 3.05) is 18.0 Å². The summed E-state index contributed by atoms with van der Waals surface area (Å²) in [5.41, 5.74) is 3.70. The van der Waals surface area contributed by atoms with E-state index in [0.717, 1.165) is 44.1 Å². The molecule has 0 spiro atoms. The van der Waals surface area contributed by atoms with Gasteiger partial charge in [0.2, 0.25) is 0 Å². The first-order chi connectivity index (χ1) is 13.0. The number of halogens is 3. The highest BCUT2D eigenvalue weighted by atomic mass is 19.2. The zero-order chi connectivity index (χ0) is 19.4. The number of nitrogens with zero attached hydrogens (tertiary/aromatic N) is 2. The first-order valence-corrected chi connectivity index (χ1v) is 8.80. The van der Waals surface area contributed by atoms with Crippen LogP contribution in [0.3, 0.4) is 0 Å². The number of hydrogen-bond donors (Lipinski definition) is 1. The Balaban J connectivity index is 1.70. The second kappa shape index (κ2) is 8.24. The highest BCUT2D eigenvalue weighted by Crippen LogP contribution is 2.24. The quantitative estimate of drug-likeness (QED) is 0.641. The lowest BCUT2D eigenvalue weighted by atomic mass is 10.1. The molecule has 0 unspecified atom stereocenters. The van der Waals surface area contributed by atoms with Gasteiger partial charge in [-0.2, -0.15) is 5.10 Å². The summed E-state index contributed by atoms with van der Waals surface area (Å²) in [5.74, 6) is -3.16. The van der Waals surface area contributed by atoms with Crippen LogP contribution in [0.2, 0.25) is 0 Å². The molecule has 1 aliphatic rings. The van der Waals surface area contributed by atoms with Gasteiger partial charge in [-0.05, 0) is 56.5 Å². The van der Waals surface area contributed by atoms with Crippen molar-refractivity contribution in [2.24, 2.45) is 5.10 Å². The maximum absolute atomic E-state index is 14.5. The number of benzene rings is 2. The molecule has 0 atom stereocenters. The maximum atomic E-state index is 14.5. The van der Waals surface area contributed by atoms with Crippen LogP contribution in [0.5, 0.6) is 0 Å². The van der Waals surface area contributed by atoms with E-state index < -0.39 is 17.5 Å². The number of carbonyl (C=O) groups is 1. The molecule has 4 nitrogen and oxygen atoms in total. The summed E-state index contributed by atoms with van der Waals surface area (Å²) in [5, 5.41) is 3.93. The molecular formula is C20H20F3N3O. The lowest BCUT2D eigenvalue weighted by molar-refractivity contribution is 0.0954. The molecule has 1 N–H and O–H groups in total. The molecule has 1 heterocycles. The maximum Gasteiger partial charge on any atom is 0.271 e. The monoisotopic (exact) mass is 375 g/mol. The van der Waals surface area contributed by atoms with Gasteiger partial charge in [0.25, 0.3) is 5.91 Å². The average Bonchev–Trinajstić information content (AvgIpc) is 2.68. The van der Waals surface area contributed by atoms with Gasteiger partial charge in [0.1, 0.15) is 5.82 Å². The molecule has 0 aliphatic carbocycles. The van der Waals surface area contributed by atoms with Crippen LogP contribution in [0.25, 0.3) is 0 Å². The number of piperidine rings is 1. The predicted molar refractivity (Wildman–Crippen MR) is 98.5 cm³/mol. The number of amides is 1. The Bertz CT molecular complexity index is 877. The van der Waals surface area contributed by atoms with Crippen LogP contribution in [0.1, 0.15) is 42.1 Å². The predicted octanol–water partition coefficient (Wildman–Crippen LogP) is 4.25. The Morgan fingerprint density at radius 1 is 0.926 bits per heavy atom. The van der Waals surface area contributed by atoms with Gasteiger partial charge >= 0.3 is 0 Å². The van der Waals surface area contributed by atoms with Gasteiger partial charge in [-0.1, -0.05) is 6.07 Å². The molecule has 2 aromatic rings. The Kier molecular flexibility index (Phi) is 5.78. The minimum absolute atomic E-state index is 0.0583. The summed E-state index contributed by atoms with van der Waals surface area (Å²) in [7, 11) is 0. The minimum Gasteiger partial charge on any atom is -0.369 e. The molecule has 0 bridgehead atoms. The third-order valence-electron chi connectivity index (χ3n) is 4.57. The molecule has 3 rings (SSSR count). The smallest absolute Gasteiger partial charge is 0.271 e. The van der Waals surface area contributed by atoms with Crippen molar-refractivity contribution in [1.82, 2.24) is 5.43 Å². The van der Waals surface area contributed by atoms with Crippen molar-refractivity contribution in [3.05, 3.63) is 65.0 Å². The molecule has 1 fully saturated rings. The highest BCUT2D eigenvalue weighted by molar-refractivity contribution is 6.01. The van der Waals surface area contributed by atoms with Crippen LogP contribution < -0.4 is 10.3 Å². The fourth-order valence-corrected chi connectivity index (χ4v) is 3.02. The zero-order valence-electron chi connectivity index (χ0n) is 14.9. The third kappa shape index (κ3) is 4.48. The molecule has 27 heavy (non-hydrogen) atoms. The fraction of sp³-hybridized carbons (Fsp3) is 0.300. The van der Waals surface area contributed by atoms with Crippen LogP contribution in [0.4, 0.5) is 18.9 Å². The van der Waals surface area contributed by atoms with Gasteiger partial charge in [-0.3, -0.25) is 4.79 Å². The zero-order valence-corrected chi connectivity index (χ0v) is 14.9. The van der Waals surface area contributed by atoms with Crippen molar-refractivity contribution >= 4 is 17.3 Å². The van der Waals surface area contributed by atoms with Crippen LogP contribution in [0.15, 0.2) is 41.5 Å². The van der Waals surface area contributed by atoms with Crippen LogP contribution >= 0.6 is 0 Å². The summed E-state index contributed by atoms with van der Waals surface area (Å²) in [4.78, 5) is 14.0.